The Labute approximate surface area is 132 Å². The average molecular weight is 371 g/mol. The molecule has 0 aliphatic carbocycles. The van der Waals surface area contributed by atoms with Crippen LogP contribution in [0.1, 0.15) is 5.56 Å². The molecule has 0 amide bonds. The minimum absolute atomic E-state index is 0.219. The number of halogens is 1. The zero-order valence-electron chi connectivity index (χ0n) is 11.4. The van der Waals surface area contributed by atoms with Gasteiger partial charge in [-0.1, -0.05) is 28.1 Å². The number of hydrogen-bond donors (Lipinski definition) is 1. The first-order valence-electron chi connectivity index (χ1n) is 6.23. The largest absolute Gasteiger partial charge is 0.481 e. The molecule has 1 heterocycles. The van der Waals surface area contributed by atoms with E-state index in [1.165, 1.54) is 13.3 Å². The van der Waals surface area contributed by atoms with E-state index < -0.39 is 10.0 Å². The molecule has 2 aromatic rings. The number of anilines is 1. The molecule has 1 aromatic heterocycles. The number of alkyl halides is 1. The van der Waals surface area contributed by atoms with Gasteiger partial charge in [-0.25, -0.2) is 13.4 Å². The summed E-state index contributed by atoms with van der Waals surface area (Å²) in [5, 5.41) is 0.842. The van der Waals surface area contributed by atoms with Gasteiger partial charge in [0.15, 0.2) is 0 Å². The maximum atomic E-state index is 12.2. The molecule has 0 unspecified atom stereocenters. The minimum atomic E-state index is -3.61. The Morgan fingerprint density at radius 3 is 2.43 bits per heavy atom. The van der Waals surface area contributed by atoms with E-state index in [1.54, 1.807) is 24.3 Å². The second-order valence-corrected chi connectivity index (χ2v) is 6.75. The molecule has 0 spiro atoms. The lowest BCUT2D eigenvalue weighted by Crippen LogP contribution is -2.13. The summed E-state index contributed by atoms with van der Waals surface area (Å²) in [6.07, 6.45) is 2.27. The Balaban J connectivity index is 2.16. The quantitative estimate of drug-likeness (QED) is 0.793. The lowest BCUT2D eigenvalue weighted by Gasteiger charge is -2.09. The molecule has 0 aliphatic rings. The van der Waals surface area contributed by atoms with Gasteiger partial charge in [0.1, 0.15) is 0 Å². The normalized spacial score (nSPS) is 11.1. The van der Waals surface area contributed by atoms with E-state index in [-0.39, 0.29) is 4.90 Å². The highest BCUT2D eigenvalue weighted by molar-refractivity contribution is 9.09. The topological polar surface area (TPSA) is 68.3 Å². The Bertz CT molecular complexity index is 685. The van der Waals surface area contributed by atoms with Crippen molar-refractivity contribution >= 4 is 31.6 Å². The zero-order valence-corrected chi connectivity index (χ0v) is 13.8. The van der Waals surface area contributed by atoms with Crippen LogP contribution < -0.4 is 9.46 Å². The van der Waals surface area contributed by atoms with Crippen molar-refractivity contribution in [2.45, 2.75) is 11.3 Å². The van der Waals surface area contributed by atoms with Crippen molar-refractivity contribution in [3.8, 4) is 5.88 Å². The monoisotopic (exact) mass is 370 g/mol. The van der Waals surface area contributed by atoms with Gasteiger partial charge in [-0.05, 0) is 30.2 Å². The third kappa shape index (κ3) is 4.18. The first-order valence-corrected chi connectivity index (χ1v) is 8.83. The van der Waals surface area contributed by atoms with Gasteiger partial charge < -0.3 is 4.74 Å². The van der Waals surface area contributed by atoms with Gasteiger partial charge in [0.2, 0.25) is 5.88 Å². The average Bonchev–Trinajstić information content (AvgIpc) is 2.48. The van der Waals surface area contributed by atoms with Gasteiger partial charge in [-0.3, -0.25) is 4.72 Å². The van der Waals surface area contributed by atoms with E-state index in [4.69, 9.17) is 4.74 Å². The maximum absolute atomic E-state index is 12.2. The Hall–Kier alpha value is -1.60. The summed E-state index contributed by atoms with van der Waals surface area (Å²) in [7, 11) is -2.11. The molecule has 0 saturated carbocycles. The van der Waals surface area contributed by atoms with Crippen molar-refractivity contribution in [3.05, 3.63) is 48.2 Å². The number of ether oxygens (including phenoxy) is 1. The van der Waals surface area contributed by atoms with Gasteiger partial charge in [0.05, 0.1) is 23.9 Å². The smallest absolute Gasteiger partial charge is 0.261 e. The van der Waals surface area contributed by atoms with Crippen molar-refractivity contribution in [1.29, 1.82) is 0 Å². The number of benzene rings is 1. The van der Waals surface area contributed by atoms with Crippen molar-refractivity contribution in [3.63, 3.8) is 0 Å². The van der Waals surface area contributed by atoms with Crippen LogP contribution in [0.3, 0.4) is 0 Å². The van der Waals surface area contributed by atoms with E-state index in [0.717, 1.165) is 17.3 Å². The summed E-state index contributed by atoms with van der Waals surface area (Å²) in [5.74, 6) is 0.428. The summed E-state index contributed by atoms with van der Waals surface area (Å²) in [5.41, 5.74) is 1.47. The fourth-order valence-corrected chi connectivity index (χ4v) is 3.22. The van der Waals surface area contributed by atoms with E-state index in [9.17, 15) is 8.42 Å². The Kier molecular flexibility index (Phi) is 5.19. The van der Waals surface area contributed by atoms with Crippen LogP contribution in [-0.4, -0.2) is 25.8 Å². The Morgan fingerprint density at radius 2 is 1.90 bits per heavy atom. The summed E-state index contributed by atoms with van der Waals surface area (Å²) in [6, 6.07) is 10.00. The number of sulfonamides is 1. The lowest BCUT2D eigenvalue weighted by atomic mass is 10.2. The molecule has 0 bridgehead atoms. The molecule has 0 saturated heterocycles. The van der Waals surface area contributed by atoms with Crippen LogP contribution in [0.4, 0.5) is 5.69 Å². The van der Waals surface area contributed by atoms with Gasteiger partial charge in [-0.15, -0.1) is 0 Å². The maximum Gasteiger partial charge on any atom is 0.261 e. The summed E-state index contributed by atoms with van der Waals surface area (Å²) < 4.78 is 31.9. The van der Waals surface area contributed by atoms with E-state index in [2.05, 4.69) is 25.6 Å². The molecule has 0 radical (unpaired) electrons. The van der Waals surface area contributed by atoms with Gasteiger partial charge >= 0.3 is 0 Å². The first kappa shape index (κ1) is 15.8. The van der Waals surface area contributed by atoms with Gasteiger partial charge in [-0.2, -0.15) is 0 Å². The number of pyridine rings is 1. The molecular formula is C14H15BrN2O3S. The molecule has 21 heavy (non-hydrogen) atoms. The molecule has 1 aromatic carbocycles. The van der Waals surface area contributed by atoms with Crippen LogP contribution in [-0.2, 0) is 16.4 Å². The number of aryl methyl sites for hydroxylation is 1. The number of rotatable bonds is 6. The minimum Gasteiger partial charge on any atom is -0.481 e. The molecule has 0 atom stereocenters. The predicted molar refractivity (Wildman–Crippen MR) is 85.5 cm³/mol. The molecular weight excluding hydrogens is 356 g/mol. The highest BCUT2D eigenvalue weighted by Gasteiger charge is 2.14. The van der Waals surface area contributed by atoms with Gasteiger partial charge in [0.25, 0.3) is 10.0 Å². The third-order valence-corrected chi connectivity index (χ3v) is 4.61. The van der Waals surface area contributed by atoms with Gasteiger partial charge in [0, 0.05) is 11.4 Å². The fourth-order valence-electron chi connectivity index (χ4n) is 1.72. The number of nitrogens with zero attached hydrogens (tertiary/aromatic N) is 1. The highest BCUT2D eigenvalue weighted by Crippen LogP contribution is 2.18. The molecule has 7 heteroatoms. The van der Waals surface area contributed by atoms with Crippen molar-refractivity contribution in [2.24, 2.45) is 0 Å². The van der Waals surface area contributed by atoms with Crippen LogP contribution in [0.15, 0.2) is 47.5 Å². The predicted octanol–water partition coefficient (Wildman–Crippen LogP) is 2.83. The van der Waals surface area contributed by atoms with Crippen molar-refractivity contribution < 1.29 is 13.2 Å². The third-order valence-electron chi connectivity index (χ3n) is 2.81. The standard InChI is InChI=1S/C14H15BrN2O3S/c1-20-14-7-4-12(10-16-14)17-21(18,19)13-5-2-11(3-6-13)8-9-15/h2-7,10,17H,8-9H2,1H3. The summed E-state index contributed by atoms with van der Waals surface area (Å²) in [4.78, 5) is 4.18. The van der Waals surface area contributed by atoms with Crippen LogP contribution >= 0.6 is 15.9 Å². The van der Waals surface area contributed by atoms with E-state index in [0.29, 0.717) is 11.6 Å². The molecule has 5 nitrogen and oxygen atoms in total. The SMILES string of the molecule is COc1ccc(NS(=O)(=O)c2ccc(CCBr)cc2)cn1. The van der Waals surface area contributed by atoms with E-state index >= 15 is 0 Å². The second kappa shape index (κ2) is 6.91. The zero-order chi connectivity index (χ0) is 15.3. The lowest BCUT2D eigenvalue weighted by molar-refractivity contribution is 0.398. The summed E-state index contributed by atoms with van der Waals surface area (Å²) >= 11 is 3.35. The molecule has 112 valence electrons. The highest BCUT2D eigenvalue weighted by atomic mass is 79.9. The van der Waals surface area contributed by atoms with Crippen LogP contribution in [0.5, 0.6) is 5.88 Å². The number of methoxy groups -OCH3 is 1. The molecule has 2 rings (SSSR count). The molecule has 1 N–H and O–H groups in total. The second-order valence-electron chi connectivity index (χ2n) is 4.28. The van der Waals surface area contributed by atoms with Crippen molar-refractivity contribution in [2.75, 3.05) is 17.2 Å². The van der Waals surface area contributed by atoms with Crippen LogP contribution in [0.25, 0.3) is 0 Å². The number of aromatic nitrogens is 1. The van der Waals surface area contributed by atoms with Crippen LogP contribution in [0, 0.1) is 0 Å². The first-order chi connectivity index (χ1) is 10.0. The number of hydrogen-bond acceptors (Lipinski definition) is 4. The Morgan fingerprint density at radius 1 is 1.19 bits per heavy atom. The molecule has 0 aliphatic heterocycles. The van der Waals surface area contributed by atoms with Crippen LogP contribution in [0.2, 0.25) is 0 Å². The van der Waals surface area contributed by atoms with Crippen molar-refractivity contribution in [1.82, 2.24) is 4.98 Å². The molecule has 0 fully saturated rings. The fraction of sp³-hybridized carbons (Fsp3) is 0.214. The van der Waals surface area contributed by atoms with E-state index in [1.807, 2.05) is 12.1 Å². The summed E-state index contributed by atoms with van der Waals surface area (Å²) in [6.45, 7) is 0. The number of nitrogens with one attached hydrogen (secondary N) is 1.